The van der Waals surface area contributed by atoms with Gasteiger partial charge in [0, 0.05) is 6.42 Å². The number of nitrogens with one attached hydrogen (secondary N) is 1. The third kappa shape index (κ3) is 0.478. The fraction of sp³-hybridized carbons (Fsp3) is 1.00. The maximum Gasteiger partial charge on any atom is 0.227 e. The van der Waals surface area contributed by atoms with Gasteiger partial charge in [-0.3, -0.25) is 0 Å². The van der Waals surface area contributed by atoms with Gasteiger partial charge in [0.1, 0.15) is 4.87 Å². The summed E-state index contributed by atoms with van der Waals surface area (Å²) in [6.45, 7) is 1.50. The van der Waals surface area contributed by atoms with E-state index in [9.17, 15) is 4.91 Å². The molecule has 3 nitrogen and oxygen atoms in total. The first-order valence-electron chi connectivity index (χ1n) is 2.08. The predicted octanol–water partition coefficient (Wildman–Crippen LogP) is -0.326. The van der Waals surface area contributed by atoms with Crippen LogP contribution in [0.3, 0.4) is 0 Å². The number of hydrazine groups is 1. The molecule has 1 N–H and O–H groups in total. The van der Waals surface area contributed by atoms with Crippen molar-refractivity contribution in [3.05, 3.63) is 4.91 Å². The highest BCUT2D eigenvalue weighted by atomic mass is 16.3. The number of hydrogen-bond acceptors (Lipinski definition) is 1. The Balaban J connectivity index is 2.37. The van der Waals surface area contributed by atoms with Crippen molar-refractivity contribution in [3.63, 3.8) is 0 Å². The van der Waals surface area contributed by atoms with Gasteiger partial charge in [0.2, 0.25) is 6.54 Å². The van der Waals surface area contributed by atoms with Gasteiger partial charge in [-0.05, 0) is 0 Å². The topological polar surface area (TPSA) is 32.1 Å². The molecule has 1 rings (SSSR count). The standard InChI is InChI=1S/C3H7N2O/c6-5-3-1-2-4-5/h1-3H2,(H,4,6)/q+1. The SMILES string of the molecule is O=[N+]1CCCN1. The smallest absolute Gasteiger partial charge is 0.153 e. The van der Waals surface area contributed by atoms with Gasteiger partial charge in [-0.15, -0.1) is 0 Å². The molecule has 1 saturated heterocycles. The highest BCUT2D eigenvalue weighted by molar-refractivity contribution is 4.39. The Kier molecular flexibility index (Phi) is 0.742. The van der Waals surface area contributed by atoms with Crippen LogP contribution in [0.1, 0.15) is 6.42 Å². The summed E-state index contributed by atoms with van der Waals surface area (Å²) in [5, 5.41) is 0. The predicted molar refractivity (Wildman–Crippen MR) is 21.1 cm³/mol. The van der Waals surface area contributed by atoms with Crippen LogP contribution in [-0.2, 0) is 0 Å². The molecule has 0 radical (unpaired) electrons. The molecule has 1 aliphatic rings. The van der Waals surface area contributed by atoms with E-state index in [2.05, 4.69) is 5.43 Å². The summed E-state index contributed by atoms with van der Waals surface area (Å²) >= 11 is 0. The lowest BCUT2D eigenvalue weighted by atomic mass is 10.5. The van der Waals surface area contributed by atoms with Gasteiger partial charge in [-0.1, -0.05) is 0 Å². The summed E-state index contributed by atoms with van der Waals surface area (Å²) in [4.78, 5) is 10.9. The zero-order chi connectivity index (χ0) is 4.41. The van der Waals surface area contributed by atoms with Gasteiger partial charge < -0.3 is 0 Å². The molecule has 1 heterocycles. The minimum Gasteiger partial charge on any atom is -0.153 e. The second kappa shape index (κ2) is 1.24. The molecule has 0 aromatic carbocycles. The lowest BCUT2D eigenvalue weighted by Gasteiger charge is -1.70. The third-order valence-corrected chi connectivity index (χ3v) is 0.826. The summed E-state index contributed by atoms with van der Waals surface area (Å²) in [5.41, 5.74) is 2.60. The lowest BCUT2D eigenvalue weighted by molar-refractivity contribution is -0.585. The van der Waals surface area contributed by atoms with E-state index in [0.29, 0.717) is 6.54 Å². The fourth-order valence-electron chi connectivity index (χ4n) is 0.505. The van der Waals surface area contributed by atoms with E-state index in [-0.39, 0.29) is 0 Å². The molecule has 0 bridgehead atoms. The first-order chi connectivity index (χ1) is 2.89. The van der Waals surface area contributed by atoms with Crippen molar-refractivity contribution in [1.29, 1.82) is 0 Å². The Bertz CT molecular complexity index is 63.2. The van der Waals surface area contributed by atoms with Crippen LogP contribution in [-0.4, -0.2) is 18.0 Å². The van der Waals surface area contributed by atoms with Crippen molar-refractivity contribution in [2.45, 2.75) is 6.42 Å². The lowest BCUT2D eigenvalue weighted by Crippen LogP contribution is -2.15. The molecule has 0 atom stereocenters. The summed E-state index contributed by atoms with van der Waals surface area (Å²) in [6.07, 6.45) is 0.990. The Labute approximate surface area is 35.9 Å². The molecule has 0 aliphatic carbocycles. The van der Waals surface area contributed by atoms with Gasteiger partial charge in [0.25, 0.3) is 0 Å². The molecular weight excluding hydrogens is 80.0 g/mol. The van der Waals surface area contributed by atoms with Crippen LogP contribution in [0.2, 0.25) is 0 Å². The minimum atomic E-state index is 0.653. The van der Waals surface area contributed by atoms with Crippen molar-refractivity contribution in [1.82, 2.24) is 5.43 Å². The maximum atomic E-state index is 10.0. The largest absolute Gasteiger partial charge is 0.227 e. The first-order valence-corrected chi connectivity index (χ1v) is 2.08. The van der Waals surface area contributed by atoms with E-state index in [4.69, 9.17) is 0 Å². The number of nitrogens with zero attached hydrogens (tertiary/aromatic N) is 1. The van der Waals surface area contributed by atoms with Crippen molar-refractivity contribution in [3.8, 4) is 0 Å². The van der Waals surface area contributed by atoms with Crippen LogP contribution in [0.25, 0.3) is 0 Å². The third-order valence-electron chi connectivity index (χ3n) is 0.826. The average Bonchev–Trinajstić information content (AvgIpc) is 1.86. The quantitative estimate of drug-likeness (QED) is 0.410. The van der Waals surface area contributed by atoms with Crippen LogP contribution in [0.5, 0.6) is 0 Å². The van der Waals surface area contributed by atoms with Crippen LogP contribution in [0.4, 0.5) is 0 Å². The summed E-state index contributed by atoms with van der Waals surface area (Å²) in [6, 6.07) is 0. The maximum absolute atomic E-state index is 10.0. The number of rotatable bonds is 0. The zero-order valence-corrected chi connectivity index (χ0v) is 3.48. The van der Waals surface area contributed by atoms with E-state index in [1.807, 2.05) is 0 Å². The van der Waals surface area contributed by atoms with E-state index in [1.165, 1.54) is 0 Å². The van der Waals surface area contributed by atoms with Gasteiger partial charge in [0.05, 0.1) is 11.5 Å². The van der Waals surface area contributed by atoms with E-state index >= 15 is 0 Å². The van der Waals surface area contributed by atoms with Gasteiger partial charge in [0.15, 0.2) is 0 Å². The molecule has 6 heavy (non-hydrogen) atoms. The van der Waals surface area contributed by atoms with Crippen molar-refractivity contribution < 1.29 is 4.87 Å². The molecule has 0 spiro atoms. The Morgan fingerprint density at radius 2 is 2.50 bits per heavy atom. The second-order valence-corrected chi connectivity index (χ2v) is 1.36. The molecule has 0 saturated carbocycles. The van der Waals surface area contributed by atoms with Crippen LogP contribution >= 0.6 is 0 Å². The van der Waals surface area contributed by atoms with Crippen LogP contribution in [0, 0.1) is 4.91 Å². The van der Waals surface area contributed by atoms with Crippen LogP contribution < -0.4 is 5.43 Å². The fourth-order valence-corrected chi connectivity index (χ4v) is 0.505. The molecular formula is C3H7N2O+. The van der Waals surface area contributed by atoms with E-state index in [1.54, 1.807) is 0 Å². The van der Waals surface area contributed by atoms with Gasteiger partial charge in [-0.2, -0.15) is 5.43 Å². The Morgan fingerprint density at radius 1 is 1.67 bits per heavy atom. The Morgan fingerprint density at radius 3 is 2.67 bits per heavy atom. The molecule has 0 aromatic heterocycles. The van der Waals surface area contributed by atoms with E-state index in [0.717, 1.165) is 17.8 Å². The van der Waals surface area contributed by atoms with Crippen molar-refractivity contribution in [2.24, 2.45) is 0 Å². The molecule has 1 aliphatic heterocycles. The Hall–Kier alpha value is -0.600. The summed E-state index contributed by atoms with van der Waals surface area (Å²) in [5.74, 6) is 0. The van der Waals surface area contributed by atoms with Crippen LogP contribution in [0.15, 0.2) is 0 Å². The molecule has 34 valence electrons. The van der Waals surface area contributed by atoms with Gasteiger partial charge >= 0.3 is 0 Å². The molecule has 1 fully saturated rings. The second-order valence-electron chi connectivity index (χ2n) is 1.36. The number of hydrogen-bond donors (Lipinski definition) is 1. The highest BCUT2D eigenvalue weighted by Crippen LogP contribution is 1.83. The monoisotopic (exact) mass is 87.1 g/mol. The highest BCUT2D eigenvalue weighted by Gasteiger charge is 2.13. The minimum absolute atomic E-state index is 0.653. The average molecular weight is 87.1 g/mol. The van der Waals surface area contributed by atoms with E-state index < -0.39 is 0 Å². The van der Waals surface area contributed by atoms with Gasteiger partial charge in [-0.25, -0.2) is 0 Å². The molecule has 0 aromatic rings. The van der Waals surface area contributed by atoms with Crippen molar-refractivity contribution >= 4 is 0 Å². The molecule has 3 heteroatoms. The molecule has 0 amide bonds. The number of nitroso groups, excluding NO2 is 1. The zero-order valence-electron chi connectivity index (χ0n) is 3.48. The summed E-state index contributed by atoms with van der Waals surface area (Å²) < 4.78 is 0. The van der Waals surface area contributed by atoms with Crippen molar-refractivity contribution in [2.75, 3.05) is 13.1 Å². The first kappa shape index (κ1) is 3.59. The normalized spacial score (nSPS) is 21.0. The summed E-state index contributed by atoms with van der Waals surface area (Å²) in [7, 11) is 0. The molecule has 0 unspecified atom stereocenters.